The van der Waals surface area contributed by atoms with Crippen molar-refractivity contribution >= 4 is 11.3 Å². The maximum Gasteiger partial charge on any atom is 0.0717 e. The van der Waals surface area contributed by atoms with Crippen molar-refractivity contribution in [3.8, 4) is 11.1 Å². The molecule has 1 atom stereocenters. The Morgan fingerprint density at radius 1 is 0.718 bits per heavy atom. The van der Waals surface area contributed by atoms with Gasteiger partial charge in [0.1, 0.15) is 0 Å². The summed E-state index contributed by atoms with van der Waals surface area (Å²) in [6, 6.07) is 25.7. The number of para-hydroxylation sites is 1. The molecule has 0 saturated heterocycles. The molecule has 0 saturated carbocycles. The summed E-state index contributed by atoms with van der Waals surface area (Å²) in [5.41, 5.74) is 16.6. The van der Waals surface area contributed by atoms with E-state index in [4.69, 9.17) is 0 Å². The number of hydrogen-bond acceptors (Lipinski definition) is 1. The van der Waals surface area contributed by atoms with Gasteiger partial charge in [0, 0.05) is 11.4 Å². The topological polar surface area (TPSA) is 3.24 Å². The second-order valence-electron chi connectivity index (χ2n) is 11.4. The number of allylic oxidation sites excluding steroid dienone is 10. The van der Waals surface area contributed by atoms with Crippen LogP contribution in [0.5, 0.6) is 0 Å². The summed E-state index contributed by atoms with van der Waals surface area (Å²) in [5, 5.41) is 0. The summed E-state index contributed by atoms with van der Waals surface area (Å²) < 4.78 is 0. The van der Waals surface area contributed by atoms with E-state index in [0.29, 0.717) is 0 Å². The predicted molar refractivity (Wildman–Crippen MR) is 164 cm³/mol. The van der Waals surface area contributed by atoms with Gasteiger partial charge in [0.15, 0.2) is 0 Å². The maximum atomic E-state index is 2.58. The predicted octanol–water partition coefficient (Wildman–Crippen LogP) is 9.78. The lowest BCUT2D eigenvalue weighted by molar-refractivity contribution is 0.659. The molecule has 0 fully saturated rings. The van der Waals surface area contributed by atoms with Gasteiger partial charge in [-0.05, 0) is 114 Å². The van der Waals surface area contributed by atoms with Crippen LogP contribution in [0.2, 0.25) is 0 Å². The lowest BCUT2D eigenvalue weighted by Gasteiger charge is -2.48. The number of benzene rings is 3. The minimum atomic E-state index is -0.285. The molecule has 8 rings (SSSR count). The molecule has 1 unspecified atom stereocenters. The second-order valence-corrected chi connectivity index (χ2v) is 11.4. The molecule has 5 aliphatic rings. The quantitative estimate of drug-likeness (QED) is 0.336. The third-order valence-corrected chi connectivity index (χ3v) is 9.42. The molecule has 1 aliphatic heterocycles. The summed E-state index contributed by atoms with van der Waals surface area (Å²) in [6.45, 7) is 2.28. The van der Waals surface area contributed by atoms with Crippen LogP contribution in [0.4, 0.5) is 5.69 Å². The smallest absolute Gasteiger partial charge is 0.0717 e. The highest BCUT2D eigenvalue weighted by Crippen LogP contribution is 2.63. The van der Waals surface area contributed by atoms with Crippen LogP contribution in [-0.2, 0) is 5.41 Å². The van der Waals surface area contributed by atoms with Crippen molar-refractivity contribution in [1.82, 2.24) is 0 Å². The second kappa shape index (κ2) is 8.71. The summed E-state index contributed by atoms with van der Waals surface area (Å²) in [5.74, 6) is 0. The van der Waals surface area contributed by atoms with Gasteiger partial charge in [-0.15, -0.1) is 0 Å². The Bertz CT molecular complexity index is 1720. The first kappa shape index (κ1) is 22.8. The lowest BCUT2D eigenvalue weighted by atomic mass is 9.62. The highest BCUT2D eigenvalue weighted by Gasteiger charge is 2.52. The lowest BCUT2D eigenvalue weighted by Crippen LogP contribution is -2.41. The molecule has 1 heterocycles. The van der Waals surface area contributed by atoms with E-state index < -0.39 is 0 Å². The van der Waals surface area contributed by atoms with Gasteiger partial charge in [-0.25, -0.2) is 0 Å². The molecule has 3 aromatic rings. The Balaban J connectivity index is 1.48. The zero-order valence-electron chi connectivity index (χ0n) is 22.6. The fraction of sp³-hybridized carbons (Fsp3) is 0.211. The van der Waals surface area contributed by atoms with E-state index in [2.05, 4.69) is 121 Å². The number of anilines is 1. The summed E-state index contributed by atoms with van der Waals surface area (Å²) in [6.07, 6.45) is 23.1. The minimum absolute atomic E-state index is 0.285. The molecule has 1 nitrogen and oxygen atoms in total. The molecular weight excluding hydrogens is 470 g/mol. The highest BCUT2D eigenvalue weighted by molar-refractivity contribution is 5.92. The van der Waals surface area contributed by atoms with E-state index in [9.17, 15) is 0 Å². The number of hydrogen-bond donors (Lipinski definition) is 0. The van der Waals surface area contributed by atoms with E-state index in [1.54, 1.807) is 5.57 Å². The Morgan fingerprint density at radius 3 is 2.38 bits per heavy atom. The van der Waals surface area contributed by atoms with Crippen LogP contribution in [0.15, 0.2) is 132 Å². The fourth-order valence-corrected chi connectivity index (χ4v) is 7.77. The number of fused-ring (bicyclic) bond motifs is 8. The van der Waals surface area contributed by atoms with Gasteiger partial charge < -0.3 is 4.90 Å². The van der Waals surface area contributed by atoms with Crippen LogP contribution in [-0.4, -0.2) is 0 Å². The van der Waals surface area contributed by atoms with Crippen LogP contribution >= 0.6 is 0 Å². The number of rotatable bonds is 2. The van der Waals surface area contributed by atoms with E-state index >= 15 is 0 Å². The number of nitrogens with zero attached hydrogens (tertiary/aromatic N) is 1. The molecule has 0 amide bonds. The Labute approximate surface area is 231 Å². The Hall–Kier alpha value is -4.10. The molecule has 0 N–H and O–H groups in total. The van der Waals surface area contributed by atoms with Crippen LogP contribution in [0, 0.1) is 0 Å². The van der Waals surface area contributed by atoms with Crippen LogP contribution < -0.4 is 4.90 Å². The van der Waals surface area contributed by atoms with E-state index in [0.717, 1.165) is 38.5 Å². The van der Waals surface area contributed by atoms with E-state index in [1.807, 2.05) is 0 Å². The SMILES string of the molecule is CC1=CCCC=C1N1C2=C(CCC=C2)C2(c3ccccc3-c3ccc(C4=CC=CCC4)cc32)c2ccccc21. The molecular formula is C38H33N. The van der Waals surface area contributed by atoms with Gasteiger partial charge in [0.2, 0.25) is 0 Å². The van der Waals surface area contributed by atoms with Crippen molar-refractivity contribution in [1.29, 1.82) is 0 Å². The van der Waals surface area contributed by atoms with E-state index in [-0.39, 0.29) is 5.41 Å². The standard InChI is InChI=1S/C38H33N/c1-26-13-5-10-20-35(26)39-36-21-11-8-18-32(36)38(33-19-9-12-22-37(33)39)31-17-7-6-16-29(31)30-24-23-28(25-34(30)38)27-14-3-2-4-15-27/h2-3,6-8,11-14,16-18,20-25H,4-5,9-10,15,19H2,1H3. The van der Waals surface area contributed by atoms with Gasteiger partial charge in [-0.1, -0.05) is 91.1 Å². The molecule has 1 heteroatoms. The van der Waals surface area contributed by atoms with Crippen LogP contribution in [0.3, 0.4) is 0 Å². The van der Waals surface area contributed by atoms with E-state index in [1.165, 1.54) is 61.6 Å². The van der Waals surface area contributed by atoms with Crippen LogP contribution in [0.25, 0.3) is 16.7 Å². The first-order valence-electron chi connectivity index (χ1n) is 14.6. The molecule has 0 radical (unpaired) electrons. The molecule has 3 aromatic carbocycles. The van der Waals surface area contributed by atoms with Crippen molar-refractivity contribution in [3.63, 3.8) is 0 Å². The van der Waals surface area contributed by atoms with Gasteiger partial charge >= 0.3 is 0 Å². The van der Waals surface area contributed by atoms with Crippen molar-refractivity contribution < 1.29 is 0 Å². The zero-order chi connectivity index (χ0) is 26.0. The first-order valence-corrected chi connectivity index (χ1v) is 14.6. The van der Waals surface area contributed by atoms with Crippen molar-refractivity contribution in [3.05, 3.63) is 154 Å². The summed E-state index contributed by atoms with van der Waals surface area (Å²) >= 11 is 0. The van der Waals surface area contributed by atoms with Crippen LogP contribution in [0.1, 0.15) is 67.7 Å². The molecule has 0 bridgehead atoms. The Kier molecular flexibility index (Phi) is 5.10. The first-order chi connectivity index (χ1) is 19.3. The fourth-order valence-electron chi connectivity index (χ4n) is 7.77. The van der Waals surface area contributed by atoms with Gasteiger partial charge in [-0.3, -0.25) is 0 Å². The molecule has 4 aliphatic carbocycles. The average Bonchev–Trinajstić information content (AvgIpc) is 3.29. The van der Waals surface area contributed by atoms with Crippen molar-refractivity contribution in [2.45, 2.75) is 50.9 Å². The molecule has 1 spiro atoms. The van der Waals surface area contributed by atoms with Crippen molar-refractivity contribution in [2.24, 2.45) is 0 Å². The maximum absolute atomic E-state index is 2.58. The summed E-state index contributed by atoms with van der Waals surface area (Å²) in [4.78, 5) is 2.58. The van der Waals surface area contributed by atoms with Crippen molar-refractivity contribution in [2.75, 3.05) is 4.90 Å². The molecule has 190 valence electrons. The Morgan fingerprint density at radius 2 is 1.51 bits per heavy atom. The van der Waals surface area contributed by atoms with Gasteiger partial charge in [-0.2, -0.15) is 0 Å². The van der Waals surface area contributed by atoms with Gasteiger partial charge in [0.25, 0.3) is 0 Å². The minimum Gasteiger partial charge on any atom is -0.310 e. The monoisotopic (exact) mass is 503 g/mol. The third kappa shape index (κ3) is 3.13. The largest absolute Gasteiger partial charge is 0.310 e. The molecule has 0 aromatic heterocycles. The van der Waals surface area contributed by atoms with Gasteiger partial charge in [0.05, 0.1) is 11.1 Å². The third-order valence-electron chi connectivity index (χ3n) is 9.42. The molecule has 39 heavy (non-hydrogen) atoms. The zero-order valence-corrected chi connectivity index (χ0v) is 22.6. The average molecular weight is 504 g/mol. The normalized spacial score (nSPS) is 22.6. The highest BCUT2D eigenvalue weighted by atomic mass is 15.2. The summed E-state index contributed by atoms with van der Waals surface area (Å²) in [7, 11) is 0.